The number of hydrogen-bond acceptors (Lipinski definition) is 6. The summed E-state index contributed by atoms with van der Waals surface area (Å²) in [7, 11) is 0. The van der Waals surface area contributed by atoms with E-state index in [1.165, 1.54) is 6.07 Å². The highest BCUT2D eigenvalue weighted by Crippen LogP contribution is 2.26. The molecule has 4 N–H and O–H groups in total. The summed E-state index contributed by atoms with van der Waals surface area (Å²) in [4.78, 5) is 15.7. The summed E-state index contributed by atoms with van der Waals surface area (Å²) in [6, 6.07) is 7.97. The number of aliphatic imine (C=N–C) groups is 1. The van der Waals surface area contributed by atoms with Gasteiger partial charge in [0.2, 0.25) is 5.88 Å². The van der Waals surface area contributed by atoms with Crippen molar-refractivity contribution in [2.24, 2.45) is 4.99 Å². The van der Waals surface area contributed by atoms with Crippen LogP contribution in [-0.2, 0) is 0 Å². The van der Waals surface area contributed by atoms with E-state index in [4.69, 9.17) is 5.21 Å². The molecule has 0 amide bonds. The van der Waals surface area contributed by atoms with Gasteiger partial charge >= 0.3 is 0 Å². The molecule has 7 nitrogen and oxygen atoms in total. The van der Waals surface area contributed by atoms with Crippen LogP contribution in [0, 0.1) is 6.92 Å². The minimum atomic E-state index is -0.723. The molecule has 21 heavy (non-hydrogen) atoms. The minimum Gasteiger partial charge on any atom is -0.492 e. The van der Waals surface area contributed by atoms with E-state index < -0.39 is 11.4 Å². The smallest absolute Gasteiger partial charge is 0.286 e. The molecule has 1 heterocycles. The van der Waals surface area contributed by atoms with E-state index in [2.05, 4.69) is 4.99 Å². The van der Waals surface area contributed by atoms with Crippen LogP contribution in [0.1, 0.15) is 18.1 Å². The molecule has 0 spiro atoms. The first-order chi connectivity index (χ1) is 9.95. The van der Waals surface area contributed by atoms with Gasteiger partial charge in [-0.3, -0.25) is 20.5 Å². The maximum absolute atomic E-state index is 11.4. The molecular weight excluding hydrogens is 274 g/mol. The first-order valence-electron chi connectivity index (χ1n) is 6.15. The van der Waals surface area contributed by atoms with Crippen LogP contribution in [0.25, 0.3) is 0 Å². The van der Waals surface area contributed by atoms with Crippen LogP contribution >= 0.6 is 0 Å². The number of pyridine rings is 1. The number of aromatic hydroxyl groups is 1. The van der Waals surface area contributed by atoms with Crippen molar-refractivity contribution in [3.05, 3.63) is 51.8 Å². The zero-order chi connectivity index (χ0) is 15.6. The Kier molecular flexibility index (Phi) is 3.95. The second-order valence-electron chi connectivity index (χ2n) is 4.50. The zero-order valence-electron chi connectivity index (χ0n) is 11.5. The quantitative estimate of drug-likeness (QED) is 0.393. The highest BCUT2D eigenvalue weighted by Gasteiger charge is 2.15. The van der Waals surface area contributed by atoms with Crippen molar-refractivity contribution in [2.75, 3.05) is 5.48 Å². The number of nitrogens with zero attached hydrogens (tertiary/aromatic N) is 2. The Morgan fingerprint density at radius 2 is 2.00 bits per heavy atom. The van der Waals surface area contributed by atoms with Gasteiger partial charge in [-0.25, -0.2) is 0 Å². The molecule has 0 aliphatic carbocycles. The number of aryl methyl sites for hydroxylation is 1. The number of nitrogens with one attached hydrogen (secondary N) is 1. The Morgan fingerprint density at radius 3 is 2.67 bits per heavy atom. The molecule has 0 aliphatic rings. The molecule has 1 aromatic carbocycles. The van der Waals surface area contributed by atoms with Crippen molar-refractivity contribution in [2.45, 2.75) is 13.8 Å². The second-order valence-corrected chi connectivity index (χ2v) is 4.50. The summed E-state index contributed by atoms with van der Waals surface area (Å²) < 4.78 is 0.164. The summed E-state index contributed by atoms with van der Waals surface area (Å²) in [6.07, 6.45) is 0. The molecule has 1 aromatic heterocycles. The third-order valence-corrected chi connectivity index (χ3v) is 3.04. The van der Waals surface area contributed by atoms with Crippen molar-refractivity contribution in [1.29, 1.82) is 0 Å². The summed E-state index contributed by atoms with van der Waals surface area (Å²) >= 11 is 0. The van der Waals surface area contributed by atoms with Gasteiger partial charge in [-0.15, -0.1) is 4.73 Å². The largest absolute Gasteiger partial charge is 0.492 e. The topological polar surface area (TPSA) is 107 Å². The molecule has 0 unspecified atom stereocenters. The molecule has 0 radical (unpaired) electrons. The van der Waals surface area contributed by atoms with Crippen LogP contribution in [0.4, 0.5) is 11.4 Å². The van der Waals surface area contributed by atoms with Gasteiger partial charge in [-0.05, 0) is 31.5 Å². The number of aromatic nitrogens is 1. The van der Waals surface area contributed by atoms with Crippen LogP contribution in [0.15, 0.2) is 40.1 Å². The minimum absolute atomic E-state index is 0.164. The third-order valence-electron chi connectivity index (χ3n) is 3.04. The van der Waals surface area contributed by atoms with E-state index in [1.54, 1.807) is 38.1 Å². The average molecular weight is 289 g/mol. The second kappa shape index (κ2) is 5.68. The van der Waals surface area contributed by atoms with Gasteiger partial charge in [0.15, 0.2) is 0 Å². The number of rotatable bonds is 3. The molecule has 0 atom stereocenters. The van der Waals surface area contributed by atoms with Crippen LogP contribution in [0.3, 0.4) is 0 Å². The van der Waals surface area contributed by atoms with Crippen LogP contribution in [0.2, 0.25) is 0 Å². The van der Waals surface area contributed by atoms with Crippen LogP contribution < -0.4 is 11.0 Å². The standard InChI is InChI=1S/C14H15N3O4/c1-8-7-12(18)17(21)14(19)13(8)9(2)15-10-5-3-4-6-11(10)16-20/h3-7,16,19-21H,1-2H3/b15-9+. The van der Waals surface area contributed by atoms with Crippen molar-refractivity contribution in [3.63, 3.8) is 0 Å². The molecule has 0 fully saturated rings. The van der Waals surface area contributed by atoms with E-state index >= 15 is 0 Å². The molecule has 0 bridgehead atoms. The molecule has 0 aliphatic heterocycles. The van der Waals surface area contributed by atoms with Gasteiger partial charge in [0.25, 0.3) is 5.56 Å². The molecule has 0 saturated heterocycles. The van der Waals surface area contributed by atoms with Crippen molar-refractivity contribution < 1.29 is 15.5 Å². The maximum Gasteiger partial charge on any atom is 0.286 e. The number of para-hydroxylation sites is 2. The number of benzene rings is 1. The van der Waals surface area contributed by atoms with Gasteiger partial charge in [-0.2, -0.15) is 0 Å². The van der Waals surface area contributed by atoms with Gasteiger partial charge in [0.1, 0.15) is 0 Å². The fraction of sp³-hybridized carbons (Fsp3) is 0.143. The van der Waals surface area contributed by atoms with E-state index in [-0.39, 0.29) is 10.3 Å². The summed E-state index contributed by atoms with van der Waals surface area (Å²) in [5, 5.41) is 28.4. The lowest BCUT2D eigenvalue weighted by atomic mass is 10.1. The van der Waals surface area contributed by atoms with Crippen molar-refractivity contribution >= 4 is 17.1 Å². The molecule has 2 rings (SSSR count). The lowest BCUT2D eigenvalue weighted by Gasteiger charge is -2.11. The Balaban J connectivity index is 2.60. The fourth-order valence-corrected chi connectivity index (χ4v) is 2.05. The Labute approximate surface area is 120 Å². The van der Waals surface area contributed by atoms with E-state index in [9.17, 15) is 15.1 Å². The van der Waals surface area contributed by atoms with E-state index in [1.807, 2.05) is 5.48 Å². The van der Waals surface area contributed by atoms with Gasteiger partial charge in [-0.1, -0.05) is 12.1 Å². The average Bonchev–Trinajstić information content (AvgIpc) is 2.45. The van der Waals surface area contributed by atoms with Gasteiger partial charge in [0, 0.05) is 6.07 Å². The van der Waals surface area contributed by atoms with E-state index in [0.29, 0.717) is 22.6 Å². The predicted molar refractivity (Wildman–Crippen MR) is 78.0 cm³/mol. The SMILES string of the molecule is C/C(=N\c1ccccc1NO)c1c(C)cc(=O)n(O)c1O. The highest BCUT2D eigenvalue weighted by atomic mass is 16.5. The molecule has 7 heteroatoms. The fourth-order valence-electron chi connectivity index (χ4n) is 2.05. The molecule has 110 valence electrons. The summed E-state index contributed by atoms with van der Waals surface area (Å²) in [6.45, 7) is 3.26. The third kappa shape index (κ3) is 2.72. The number of anilines is 1. The molecular formula is C14H15N3O4. The zero-order valence-corrected chi connectivity index (χ0v) is 11.5. The predicted octanol–water partition coefficient (Wildman–Crippen LogP) is 2.04. The lowest BCUT2D eigenvalue weighted by Crippen LogP contribution is -2.20. The van der Waals surface area contributed by atoms with Gasteiger partial charge < -0.3 is 10.3 Å². The lowest BCUT2D eigenvalue weighted by molar-refractivity contribution is 0.143. The van der Waals surface area contributed by atoms with Crippen LogP contribution in [0.5, 0.6) is 5.88 Å². The highest BCUT2D eigenvalue weighted by molar-refractivity contribution is 6.03. The van der Waals surface area contributed by atoms with Crippen molar-refractivity contribution in [1.82, 2.24) is 4.73 Å². The summed E-state index contributed by atoms with van der Waals surface area (Å²) in [5.41, 5.74) is 3.27. The summed E-state index contributed by atoms with van der Waals surface area (Å²) in [5.74, 6) is -0.573. The Morgan fingerprint density at radius 1 is 1.33 bits per heavy atom. The van der Waals surface area contributed by atoms with Crippen LogP contribution in [-0.4, -0.2) is 26.0 Å². The number of hydrogen-bond donors (Lipinski definition) is 4. The van der Waals surface area contributed by atoms with E-state index in [0.717, 1.165) is 0 Å². The van der Waals surface area contributed by atoms with Crippen molar-refractivity contribution in [3.8, 4) is 5.88 Å². The maximum atomic E-state index is 11.4. The first-order valence-corrected chi connectivity index (χ1v) is 6.15. The molecule has 2 aromatic rings. The molecule has 0 saturated carbocycles. The first kappa shape index (κ1) is 14.6. The Bertz CT molecular complexity index is 765. The normalized spacial score (nSPS) is 11.5. The Hall–Kier alpha value is -2.80. The monoisotopic (exact) mass is 289 g/mol. The van der Waals surface area contributed by atoms with Gasteiger partial charge in [0.05, 0.1) is 22.6 Å².